The van der Waals surface area contributed by atoms with Crippen LogP contribution in [-0.4, -0.2) is 27.3 Å². The van der Waals surface area contributed by atoms with E-state index in [1.54, 1.807) is 11.3 Å². The largest absolute Gasteiger partial charge is 0.356 e. The van der Waals surface area contributed by atoms with Crippen molar-refractivity contribution in [1.82, 2.24) is 25.4 Å². The van der Waals surface area contributed by atoms with Crippen molar-refractivity contribution < 1.29 is 0 Å². The Morgan fingerprint density at radius 1 is 1.09 bits per heavy atom. The highest BCUT2D eigenvalue weighted by Gasteiger charge is 2.10. The van der Waals surface area contributed by atoms with E-state index in [1.807, 2.05) is 18.5 Å². The molecule has 2 aromatic carbocycles. The van der Waals surface area contributed by atoms with Gasteiger partial charge in [0, 0.05) is 18.5 Å². The summed E-state index contributed by atoms with van der Waals surface area (Å²) < 4.78 is 1.97. The van der Waals surface area contributed by atoms with Crippen LogP contribution in [0.3, 0.4) is 0 Å². The topological polar surface area (TPSA) is 67.1 Å². The van der Waals surface area contributed by atoms with E-state index in [4.69, 9.17) is 4.99 Å². The van der Waals surface area contributed by atoms with Gasteiger partial charge in [0.05, 0.1) is 6.04 Å². The van der Waals surface area contributed by atoms with E-state index in [0.29, 0.717) is 6.54 Å². The van der Waals surface area contributed by atoms with Crippen LogP contribution in [0.25, 0.3) is 10.8 Å². The van der Waals surface area contributed by atoms with Gasteiger partial charge in [0.2, 0.25) is 0 Å². The summed E-state index contributed by atoms with van der Waals surface area (Å²) in [5.41, 5.74) is 1.22. The molecule has 2 N–H and O–H groups in total. The molecule has 2 aromatic heterocycles. The van der Waals surface area contributed by atoms with Crippen molar-refractivity contribution in [1.29, 1.82) is 0 Å². The number of benzene rings is 2. The minimum absolute atomic E-state index is 0. The lowest BCUT2D eigenvalue weighted by Crippen LogP contribution is -2.39. The van der Waals surface area contributed by atoms with Crippen molar-refractivity contribution in [3.8, 4) is 0 Å². The van der Waals surface area contributed by atoms with Gasteiger partial charge in [-0.1, -0.05) is 42.5 Å². The number of hydrogen-bond acceptors (Lipinski definition) is 4. The fourth-order valence-corrected chi connectivity index (χ4v) is 4.12. The van der Waals surface area contributed by atoms with E-state index >= 15 is 0 Å². The number of nitrogens with one attached hydrogen (secondary N) is 2. The van der Waals surface area contributed by atoms with Gasteiger partial charge in [-0.3, -0.25) is 0 Å². The molecule has 6 nitrogen and oxygen atoms in total. The molecular weight excluding hydrogens is 531 g/mol. The fourth-order valence-electron chi connectivity index (χ4n) is 3.42. The zero-order valence-corrected chi connectivity index (χ0v) is 21.7. The average molecular weight is 561 g/mol. The van der Waals surface area contributed by atoms with Crippen LogP contribution in [0.5, 0.6) is 0 Å². The third-order valence-electron chi connectivity index (χ3n) is 5.43. The Balaban J connectivity index is 0.00000289. The van der Waals surface area contributed by atoms with Crippen molar-refractivity contribution in [2.45, 2.75) is 32.9 Å². The zero-order valence-electron chi connectivity index (χ0n) is 18.6. The van der Waals surface area contributed by atoms with Gasteiger partial charge >= 0.3 is 0 Å². The molecule has 0 aliphatic carbocycles. The maximum atomic E-state index is 4.79. The summed E-state index contributed by atoms with van der Waals surface area (Å²) in [7, 11) is 1.97. The van der Waals surface area contributed by atoms with Gasteiger partial charge < -0.3 is 15.2 Å². The smallest absolute Gasteiger partial charge is 0.192 e. The normalized spacial score (nSPS) is 12.4. The molecule has 2 heterocycles. The first-order chi connectivity index (χ1) is 15.1. The molecular formula is C24H29IN6S. The minimum atomic E-state index is 0. The molecule has 1 atom stereocenters. The van der Waals surface area contributed by atoms with Crippen LogP contribution in [0.4, 0.5) is 0 Å². The van der Waals surface area contributed by atoms with E-state index in [9.17, 15) is 0 Å². The molecule has 168 valence electrons. The number of aromatic nitrogens is 3. The molecule has 8 heteroatoms. The lowest BCUT2D eigenvalue weighted by Gasteiger charge is -2.19. The summed E-state index contributed by atoms with van der Waals surface area (Å²) >= 11 is 1.78. The third kappa shape index (κ3) is 6.07. The van der Waals surface area contributed by atoms with Crippen molar-refractivity contribution >= 4 is 52.0 Å². The lowest BCUT2D eigenvalue weighted by atomic mass is 10.0. The molecule has 0 radical (unpaired) electrons. The van der Waals surface area contributed by atoms with E-state index in [2.05, 4.69) is 87.7 Å². The molecule has 4 aromatic rings. The van der Waals surface area contributed by atoms with Crippen molar-refractivity contribution in [3.63, 3.8) is 0 Å². The predicted octanol–water partition coefficient (Wildman–Crippen LogP) is 5.00. The van der Waals surface area contributed by atoms with Gasteiger partial charge in [0.1, 0.15) is 12.4 Å². The van der Waals surface area contributed by atoms with Crippen molar-refractivity contribution in [2.24, 2.45) is 12.0 Å². The van der Waals surface area contributed by atoms with E-state index in [0.717, 1.165) is 30.6 Å². The van der Waals surface area contributed by atoms with Gasteiger partial charge in [-0.05, 0) is 54.1 Å². The Bertz CT molecular complexity index is 1170. The molecule has 0 bridgehead atoms. The Morgan fingerprint density at radius 3 is 2.62 bits per heavy atom. The summed E-state index contributed by atoms with van der Waals surface area (Å²) in [5, 5.41) is 20.0. The Kier molecular flexibility index (Phi) is 8.63. The average Bonchev–Trinajstić information content (AvgIpc) is 3.42. The third-order valence-corrected chi connectivity index (χ3v) is 6.37. The number of halogens is 1. The monoisotopic (exact) mass is 560 g/mol. The summed E-state index contributed by atoms with van der Waals surface area (Å²) in [6, 6.07) is 19.4. The van der Waals surface area contributed by atoms with Crippen molar-refractivity contribution in [3.05, 3.63) is 82.1 Å². The summed E-state index contributed by atoms with van der Waals surface area (Å²) in [6.45, 7) is 5.39. The fraction of sp³-hybridized carbons (Fsp3) is 0.292. The van der Waals surface area contributed by atoms with Crippen molar-refractivity contribution in [2.75, 3.05) is 6.54 Å². The standard InChI is InChI=1S/C24H28N6S.HI/c1-17(20-11-10-19-7-4-5-8-21(19)15-20)27-24(25-13-12-22-9-6-14-31-22)26-16-23-29-28-18(2)30(23)3;/h4-11,14-15,17H,12-13,16H2,1-3H3,(H2,25,26,27);1H. The first kappa shape index (κ1) is 24.2. The van der Waals surface area contributed by atoms with Gasteiger partial charge in [0.25, 0.3) is 0 Å². The molecule has 0 saturated heterocycles. The first-order valence-corrected chi connectivity index (χ1v) is 11.4. The second-order valence-corrected chi connectivity index (χ2v) is 8.65. The number of nitrogens with zero attached hydrogens (tertiary/aromatic N) is 4. The van der Waals surface area contributed by atoms with E-state index in [-0.39, 0.29) is 30.0 Å². The predicted molar refractivity (Wildman–Crippen MR) is 144 cm³/mol. The van der Waals surface area contributed by atoms with E-state index in [1.165, 1.54) is 21.2 Å². The number of fused-ring (bicyclic) bond motifs is 1. The SMILES string of the molecule is Cc1nnc(CN=C(NCCc2cccs2)NC(C)c2ccc3ccccc3c2)n1C.I. The van der Waals surface area contributed by atoms with Crippen LogP contribution in [0.2, 0.25) is 0 Å². The van der Waals surface area contributed by atoms with Crippen LogP contribution in [0.15, 0.2) is 65.0 Å². The highest BCUT2D eigenvalue weighted by atomic mass is 127. The molecule has 0 aliphatic rings. The first-order valence-electron chi connectivity index (χ1n) is 10.5. The summed E-state index contributed by atoms with van der Waals surface area (Å²) in [6.07, 6.45) is 0.964. The minimum Gasteiger partial charge on any atom is -0.356 e. The number of aryl methyl sites for hydroxylation is 1. The van der Waals surface area contributed by atoms with E-state index < -0.39 is 0 Å². The Labute approximate surface area is 210 Å². The van der Waals surface area contributed by atoms with Gasteiger partial charge in [0.15, 0.2) is 11.8 Å². The lowest BCUT2D eigenvalue weighted by molar-refractivity contribution is 0.676. The van der Waals surface area contributed by atoms with Crippen LogP contribution in [-0.2, 0) is 20.0 Å². The second kappa shape index (κ2) is 11.4. The molecule has 4 rings (SSSR count). The van der Waals surface area contributed by atoms with Crippen LogP contribution in [0.1, 0.15) is 35.1 Å². The van der Waals surface area contributed by atoms with Gasteiger partial charge in [-0.15, -0.1) is 45.5 Å². The summed E-state index contributed by atoms with van der Waals surface area (Å²) in [4.78, 5) is 6.15. The molecule has 0 aliphatic heterocycles. The number of thiophene rings is 1. The second-order valence-electron chi connectivity index (χ2n) is 7.62. The molecule has 1 unspecified atom stereocenters. The highest BCUT2D eigenvalue weighted by molar-refractivity contribution is 14.0. The quantitative estimate of drug-likeness (QED) is 0.190. The Hall–Kier alpha value is -2.46. The molecule has 0 spiro atoms. The highest BCUT2D eigenvalue weighted by Crippen LogP contribution is 2.20. The molecule has 0 fully saturated rings. The van der Waals surface area contributed by atoms with Gasteiger partial charge in [-0.25, -0.2) is 4.99 Å². The van der Waals surface area contributed by atoms with Crippen LogP contribution in [0, 0.1) is 6.92 Å². The number of hydrogen-bond donors (Lipinski definition) is 2. The van der Waals surface area contributed by atoms with Crippen LogP contribution >= 0.6 is 35.3 Å². The zero-order chi connectivity index (χ0) is 21.6. The molecule has 0 amide bonds. The van der Waals surface area contributed by atoms with Gasteiger partial charge in [-0.2, -0.15) is 0 Å². The Morgan fingerprint density at radius 2 is 1.91 bits per heavy atom. The number of aliphatic imine (C=N–C) groups is 1. The summed E-state index contributed by atoms with van der Waals surface area (Å²) in [5.74, 6) is 2.50. The van der Waals surface area contributed by atoms with Crippen LogP contribution < -0.4 is 10.6 Å². The molecule has 0 saturated carbocycles. The number of guanidine groups is 1. The molecule has 32 heavy (non-hydrogen) atoms. The number of rotatable bonds is 7. The maximum absolute atomic E-state index is 4.79. The maximum Gasteiger partial charge on any atom is 0.192 e.